The van der Waals surface area contributed by atoms with Crippen LogP contribution in [0.25, 0.3) is 10.8 Å². The van der Waals surface area contributed by atoms with E-state index in [1.54, 1.807) is 24.4 Å². The van der Waals surface area contributed by atoms with Gasteiger partial charge in [0.15, 0.2) is 0 Å². The summed E-state index contributed by atoms with van der Waals surface area (Å²) >= 11 is 0. The molecule has 0 aliphatic carbocycles. The minimum Gasteiger partial charge on any atom is -0.474 e. The number of nitrogens with zero attached hydrogens (tertiary/aromatic N) is 4. The van der Waals surface area contributed by atoms with Crippen LogP contribution in [0.1, 0.15) is 33.6 Å². The zero-order valence-electron chi connectivity index (χ0n) is 20.3. The summed E-state index contributed by atoms with van der Waals surface area (Å²) in [4.78, 5) is 26.4. The summed E-state index contributed by atoms with van der Waals surface area (Å²) in [6.45, 7) is 7.34. The molecule has 3 aromatic rings. The van der Waals surface area contributed by atoms with Gasteiger partial charge in [-0.2, -0.15) is 0 Å². The predicted molar refractivity (Wildman–Crippen MR) is 134 cm³/mol. The van der Waals surface area contributed by atoms with Gasteiger partial charge in [0.05, 0.1) is 24.6 Å². The van der Waals surface area contributed by atoms with Gasteiger partial charge in [-0.3, -0.25) is 4.79 Å². The third-order valence-corrected chi connectivity index (χ3v) is 5.54. The fourth-order valence-corrected chi connectivity index (χ4v) is 3.93. The normalized spacial score (nSPS) is 15.7. The molecule has 0 spiro atoms. The Kier molecular flexibility index (Phi) is 7.48. The second-order valence-electron chi connectivity index (χ2n) is 9.74. The van der Waals surface area contributed by atoms with Crippen molar-refractivity contribution in [3.8, 4) is 5.88 Å². The fourth-order valence-electron chi connectivity index (χ4n) is 3.93. The van der Waals surface area contributed by atoms with E-state index in [0.29, 0.717) is 34.1 Å². The number of anilines is 3. The summed E-state index contributed by atoms with van der Waals surface area (Å²) in [5, 5.41) is 29.9. The Balaban J connectivity index is 1.66. The number of aliphatic hydroxyl groups is 2. The minimum absolute atomic E-state index is 0.0129. The van der Waals surface area contributed by atoms with Gasteiger partial charge in [0.25, 0.3) is 5.56 Å². The van der Waals surface area contributed by atoms with Crippen molar-refractivity contribution in [1.82, 2.24) is 24.8 Å². The van der Waals surface area contributed by atoms with Crippen molar-refractivity contribution < 1.29 is 14.9 Å². The van der Waals surface area contributed by atoms with E-state index in [2.05, 4.69) is 30.9 Å². The molecule has 0 aromatic carbocycles. The average Bonchev–Trinajstić information content (AvgIpc) is 2.80. The summed E-state index contributed by atoms with van der Waals surface area (Å²) in [6, 6.07) is 5.29. The van der Waals surface area contributed by atoms with E-state index < -0.39 is 12.7 Å². The first-order valence-electron chi connectivity index (χ1n) is 11.8. The highest BCUT2D eigenvalue weighted by atomic mass is 16.5. The van der Waals surface area contributed by atoms with Crippen molar-refractivity contribution in [2.24, 2.45) is 0 Å². The maximum absolute atomic E-state index is 13.2. The largest absolute Gasteiger partial charge is 0.474 e. The molecule has 4 rings (SSSR count). The molecule has 1 fully saturated rings. The lowest BCUT2D eigenvalue weighted by Crippen LogP contribution is -2.34. The van der Waals surface area contributed by atoms with Crippen LogP contribution in [-0.2, 0) is 6.54 Å². The number of hydrogen-bond acceptors (Lipinski definition) is 10. The van der Waals surface area contributed by atoms with Gasteiger partial charge >= 0.3 is 0 Å². The van der Waals surface area contributed by atoms with Gasteiger partial charge in [-0.1, -0.05) is 0 Å². The van der Waals surface area contributed by atoms with Crippen LogP contribution in [0.15, 0.2) is 35.5 Å². The quantitative estimate of drug-likeness (QED) is 0.320. The first kappa shape index (κ1) is 24.8. The number of rotatable bonds is 8. The lowest BCUT2D eigenvalue weighted by molar-refractivity contribution is 0.0805. The van der Waals surface area contributed by atoms with Crippen LogP contribution in [0.3, 0.4) is 0 Å². The molecule has 11 heteroatoms. The number of aromatic nitrogens is 4. The first-order chi connectivity index (χ1) is 16.7. The second kappa shape index (κ2) is 10.5. The zero-order chi connectivity index (χ0) is 25.0. The SMILES string of the molecule is CC(C)(C)Nc1nc(Nc2cc(OC3CCNCC3)ncn2)cc2ccn(CC(O)CO)c(=O)c12. The lowest BCUT2D eigenvalue weighted by Gasteiger charge is -2.23. The maximum Gasteiger partial charge on any atom is 0.262 e. The van der Waals surface area contributed by atoms with Crippen molar-refractivity contribution >= 4 is 28.2 Å². The van der Waals surface area contributed by atoms with Gasteiger partial charge in [0.2, 0.25) is 5.88 Å². The Morgan fingerprint density at radius 3 is 2.71 bits per heavy atom. The number of fused-ring (bicyclic) bond motifs is 1. The Hall–Kier alpha value is -3.28. The fraction of sp³-hybridized carbons (Fsp3) is 0.500. The first-order valence-corrected chi connectivity index (χ1v) is 11.8. The molecule has 1 unspecified atom stereocenters. The molecular weight excluding hydrogens is 450 g/mol. The molecule has 1 aliphatic heterocycles. The standard InChI is InChI=1S/C24H33N7O4/c1-24(2,3)30-22-21-15(6-9-31(23(21)34)12-16(33)13-32)10-19(29-22)28-18-11-20(27-14-26-18)35-17-4-7-25-8-5-17/h6,9-11,14,16-17,25,32-33H,4-5,7-8,12-13H2,1-3H3,(H2,26,27,28,29,30). The molecule has 5 N–H and O–H groups in total. The van der Waals surface area contributed by atoms with E-state index in [1.807, 2.05) is 20.8 Å². The highest BCUT2D eigenvalue weighted by molar-refractivity contribution is 5.93. The molecule has 188 valence electrons. The van der Waals surface area contributed by atoms with Gasteiger partial charge in [0, 0.05) is 17.8 Å². The Morgan fingerprint density at radius 2 is 2.00 bits per heavy atom. The van der Waals surface area contributed by atoms with Gasteiger partial charge in [0.1, 0.15) is 29.9 Å². The number of piperidine rings is 1. The van der Waals surface area contributed by atoms with Crippen molar-refractivity contribution in [3.63, 3.8) is 0 Å². The predicted octanol–water partition coefficient (Wildman–Crippen LogP) is 1.62. The summed E-state index contributed by atoms with van der Waals surface area (Å²) in [7, 11) is 0. The smallest absolute Gasteiger partial charge is 0.262 e. The summed E-state index contributed by atoms with van der Waals surface area (Å²) in [5.74, 6) is 1.93. The molecule has 1 saturated heterocycles. The third kappa shape index (κ3) is 6.44. The van der Waals surface area contributed by atoms with Crippen molar-refractivity contribution in [2.45, 2.75) is 57.9 Å². The van der Waals surface area contributed by atoms with E-state index in [-0.39, 0.29) is 23.7 Å². The van der Waals surface area contributed by atoms with Gasteiger partial charge < -0.3 is 35.5 Å². The zero-order valence-corrected chi connectivity index (χ0v) is 20.3. The number of nitrogens with one attached hydrogen (secondary N) is 3. The molecule has 4 heterocycles. The van der Waals surface area contributed by atoms with Crippen LogP contribution >= 0.6 is 0 Å². The van der Waals surface area contributed by atoms with E-state index in [0.717, 1.165) is 25.9 Å². The molecular formula is C24H33N7O4. The number of hydrogen-bond donors (Lipinski definition) is 5. The van der Waals surface area contributed by atoms with E-state index >= 15 is 0 Å². The average molecular weight is 484 g/mol. The van der Waals surface area contributed by atoms with Crippen LogP contribution < -0.4 is 26.2 Å². The Bertz CT molecular complexity index is 1220. The molecule has 0 radical (unpaired) electrons. The summed E-state index contributed by atoms with van der Waals surface area (Å²) in [5.41, 5.74) is -0.665. The second-order valence-corrected chi connectivity index (χ2v) is 9.74. The van der Waals surface area contributed by atoms with Crippen LogP contribution in [0.4, 0.5) is 17.5 Å². The third-order valence-electron chi connectivity index (χ3n) is 5.54. The molecule has 11 nitrogen and oxygen atoms in total. The Labute approximate surface area is 203 Å². The summed E-state index contributed by atoms with van der Waals surface area (Å²) < 4.78 is 7.39. The molecule has 1 aliphatic rings. The number of aliphatic hydroxyl groups excluding tert-OH is 2. The molecule has 3 aromatic heterocycles. The van der Waals surface area contributed by atoms with Gasteiger partial charge in [-0.15, -0.1) is 0 Å². The minimum atomic E-state index is -1.03. The topological polar surface area (TPSA) is 146 Å². The molecule has 0 saturated carbocycles. The van der Waals surface area contributed by atoms with Crippen LogP contribution in [0.5, 0.6) is 5.88 Å². The molecule has 0 bridgehead atoms. The van der Waals surface area contributed by atoms with Gasteiger partial charge in [-0.05, 0) is 64.2 Å². The number of pyridine rings is 2. The highest BCUT2D eigenvalue weighted by Crippen LogP contribution is 2.27. The lowest BCUT2D eigenvalue weighted by atomic mass is 10.1. The molecule has 1 atom stereocenters. The van der Waals surface area contributed by atoms with Crippen molar-refractivity contribution in [1.29, 1.82) is 0 Å². The van der Waals surface area contributed by atoms with Crippen LogP contribution in [-0.4, -0.2) is 67.2 Å². The maximum atomic E-state index is 13.2. The van der Waals surface area contributed by atoms with Crippen molar-refractivity contribution in [3.05, 3.63) is 41.1 Å². The monoisotopic (exact) mass is 483 g/mol. The van der Waals surface area contributed by atoms with Crippen LogP contribution in [0, 0.1) is 0 Å². The highest BCUT2D eigenvalue weighted by Gasteiger charge is 2.19. The van der Waals surface area contributed by atoms with Crippen molar-refractivity contribution in [2.75, 3.05) is 30.3 Å². The van der Waals surface area contributed by atoms with E-state index in [4.69, 9.17) is 4.74 Å². The molecule has 35 heavy (non-hydrogen) atoms. The summed E-state index contributed by atoms with van der Waals surface area (Å²) in [6.07, 6.45) is 3.98. The number of ether oxygens (including phenoxy) is 1. The van der Waals surface area contributed by atoms with Gasteiger partial charge in [-0.25, -0.2) is 15.0 Å². The van der Waals surface area contributed by atoms with E-state index in [9.17, 15) is 15.0 Å². The van der Waals surface area contributed by atoms with Crippen LogP contribution in [0.2, 0.25) is 0 Å². The molecule has 0 amide bonds. The Morgan fingerprint density at radius 1 is 1.23 bits per heavy atom. The van der Waals surface area contributed by atoms with E-state index in [1.165, 1.54) is 10.9 Å².